The van der Waals surface area contributed by atoms with Gasteiger partial charge in [0.1, 0.15) is 5.69 Å². The van der Waals surface area contributed by atoms with Crippen LogP contribution in [0.2, 0.25) is 0 Å². The molecule has 0 spiro atoms. The zero-order valence-corrected chi connectivity index (χ0v) is 11.7. The summed E-state index contributed by atoms with van der Waals surface area (Å²) in [6.07, 6.45) is 1.75. The van der Waals surface area contributed by atoms with E-state index in [0.717, 1.165) is 11.4 Å². The van der Waals surface area contributed by atoms with E-state index in [4.69, 9.17) is 5.11 Å². The summed E-state index contributed by atoms with van der Waals surface area (Å²) < 4.78 is 2.48. The van der Waals surface area contributed by atoms with Crippen LogP contribution < -0.4 is 5.32 Å². The van der Waals surface area contributed by atoms with Gasteiger partial charge in [-0.05, 0) is 35.8 Å². The highest BCUT2D eigenvalue weighted by molar-refractivity contribution is 9.10. The van der Waals surface area contributed by atoms with Crippen LogP contribution in [0, 0.1) is 0 Å². The summed E-state index contributed by atoms with van der Waals surface area (Å²) in [6, 6.07) is 1.63. The first-order valence-corrected chi connectivity index (χ1v) is 6.17. The van der Waals surface area contributed by atoms with E-state index in [1.54, 1.807) is 16.8 Å². The number of amides is 1. The number of rotatable bonds is 5. The molecule has 1 atom stereocenters. The molecule has 1 heterocycles. The zero-order chi connectivity index (χ0) is 13.9. The van der Waals surface area contributed by atoms with Crippen LogP contribution in [0.4, 0.5) is 0 Å². The molecule has 7 heteroatoms. The van der Waals surface area contributed by atoms with Gasteiger partial charge in [0.05, 0.1) is 6.54 Å². The molecule has 1 rings (SSSR count). The van der Waals surface area contributed by atoms with E-state index < -0.39 is 17.5 Å². The standard InChI is InChI=1S/C11H15BrN2O4/c1-3-14-5-7(12)4-8(14)9(15)13-6-11(2,18)10(16)17/h4-5,18H,3,6H2,1-2H3,(H,13,15)(H,16,17). The molecule has 0 aliphatic carbocycles. The highest BCUT2D eigenvalue weighted by atomic mass is 79.9. The smallest absolute Gasteiger partial charge is 0.337 e. The number of aryl methyl sites for hydroxylation is 1. The Kier molecular flexibility index (Phi) is 4.53. The normalized spacial score (nSPS) is 14.0. The molecule has 100 valence electrons. The molecule has 0 radical (unpaired) electrons. The zero-order valence-electron chi connectivity index (χ0n) is 10.1. The van der Waals surface area contributed by atoms with E-state index in [1.807, 2.05) is 6.92 Å². The van der Waals surface area contributed by atoms with Crippen LogP contribution in [0.1, 0.15) is 24.3 Å². The molecule has 18 heavy (non-hydrogen) atoms. The first-order chi connectivity index (χ1) is 8.27. The maximum atomic E-state index is 11.9. The van der Waals surface area contributed by atoms with Crippen LogP contribution in [-0.2, 0) is 11.3 Å². The van der Waals surface area contributed by atoms with Crippen LogP contribution >= 0.6 is 15.9 Å². The van der Waals surface area contributed by atoms with Gasteiger partial charge >= 0.3 is 5.97 Å². The van der Waals surface area contributed by atoms with Crippen molar-refractivity contribution in [3.05, 3.63) is 22.4 Å². The summed E-state index contributed by atoms with van der Waals surface area (Å²) in [5.41, 5.74) is -1.57. The molecule has 1 amide bonds. The lowest BCUT2D eigenvalue weighted by Crippen LogP contribution is -2.46. The third kappa shape index (κ3) is 3.33. The van der Waals surface area contributed by atoms with Crippen molar-refractivity contribution in [1.29, 1.82) is 0 Å². The molecule has 3 N–H and O–H groups in total. The van der Waals surface area contributed by atoms with Crippen molar-refractivity contribution < 1.29 is 19.8 Å². The summed E-state index contributed by atoms with van der Waals surface area (Å²) >= 11 is 3.26. The summed E-state index contributed by atoms with van der Waals surface area (Å²) in [6.45, 7) is 3.28. The van der Waals surface area contributed by atoms with Crippen LogP contribution in [0.25, 0.3) is 0 Å². The molecule has 0 bridgehead atoms. The van der Waals surface area contributed by atoms with Gasteiger partial charge in [-0.15, -0.1) is 0 Å². The van der Waals surface area contributed by atoms with E-state index in [9.17, 15) is 14.7 Å². The van der Waals surface area contributed by atoms with Crippen molar-refractivity contribution in [3.8, 4) is 0 Å². The topological polar surface area (TPSA) is 91.6 Å². The second kappa shape index (κ2) is 5.53. The van der Waals surface area contributed by atoms with Gasteiger partial charge in [-0.25, -0.2) is 4.79 Å². The van der Waals surface area contributed by atoms with Crippen molar-refractivity contribution in [1.82, 2.24) is 9.88 Å². The Hall–Kier alpha value is -1.34. The Morgan fingerprint density at radius 3 is 2.67 bits per heavy atom. The van der Waals surface area contributed by atoms with Gasteiger partial charge in [0.2, 0.25) is 0 Å². The highest BCUT2D eigenvalue weighted by Crippen LogP contribution is 2.15. The summed E-state index contributed by atoms with van der Waals surface area (Å²) in [5, 5.41) is 20.6. The monoisotopic (exact) mass is 318 g/mol. The van der Waals surface area contributed by atoms with Crippen molar-refractivity contribution >= 4 is 27.8 Å². The lowest BCUT2D eigenvalue weighted by atomic mass is 10.1. The fourth-order valence-electron chi connectivity index (χ4n) is 1.35. The number of carboxylic acids is 1. The Morgan fingerprint density at radius 1 is 1.56 bits per heavy atom. The number of carboxylic acid groups (broad SMARTS) is 1. The molecule has 1 unspecified atom stereocenters. The Morgan fingerprint density at radius 2 is 2.17 bits per heavy atom. The van der Waals surface area contributed by atoms with E-state index >= 15 is 0 Å². The molecule has 0 saturated heterocycles. The number of carbonyl (C=O) groups is 2. The van der Waals surface area contributed by atoms with E-state index in [-0.39, 0.29) is 6.54 Å². The average molecular weight is 319 g/mol. The molecule has 0 aliphatic heterocycles. The fraction of sp³-hybridized carbons (Fsp3) is 0.455. The van der Waals surface area contributed by atoms with Crippen LogP contribution in [0.15, 0.2) is 16.7 Å². The number of halogens is 1. The van der Waals surface area contributed by atoms with Crippen molar-refractivity contribution in [3.63, 3.8) is 0 Å². The number of hydrogen-bond donors (Lipinski definition) is 3. The molecule has 0 aromatic carbocycles. The molecule has 1 aromatic heterocycles. The lowest BCUT2D eigenvalue weighted by molar-refractivity contribution is -0.155. The third-order valence-electron chi connectivity index (χ3n) is 2.49. The second-order valence-corrected chi connectivity index (χ2v) is 5.01. The fourth-order valence-corrected chi connectivity index (χ4v) is 1.81. The minimum Gasteiger partial charge on any atom is -0.479 e. The van der Waals surface area contributed by atoms with Gasteiger partial charge in [-0.1, -0.05) is 0 Å². The molecule has 0 saturated carbocycles. The van der Waals surface area contributed by atoms with E-state index in [0.29, 0.717) is 12.2 Å². The summed E-state index contributed by atoms with van der Waals surface area (Å²) in [4.78, 5) is 22.5. The Labute approximate surface area is 113 Å². The van der Waals surface area contributed by atoms with Crippen LogP contribution in [0.3, 0.4) is 0 Å². The number of nitrogens with zero attached hydrogens (tertiary/aromatic N) is 1. The van der Waals surface area contributed by atoms with Crippen molar-refractivity contribution in [2.75, 3.05) is 6.54 Å². The van der Waals surface area contributed by atoms with E-state index in [1.165, 1.54) is 0 Å². The van der Waals surface area contributed by atoms with E-state index in [2.05, 4.69) is 21.2 Å². The SMILES string of the molecule is CCn1cc(Br)cc1C(=O)NCC(C)(O)C(=O)O. The predicted octanol–water partition coefficient (Wildman–Crippen LogP) is 0.836. The van der Waals surface area contributed by atoms with Gasteiger partial charge in [-0.2, -0.15) is 0 Å². The minimum atomic E-state index is -1.98. The number of aliphatic carboxylic acids is 1. The van der Waals surface area contributed by atoms with Gasteiger partial charge in [-0.3, -0.25) is 4.79 Å². The Balaban J connectivity index is 2.74. The Bertz CT molecular complexity index is 468. The van der Waals surface area contributed by atoms with Crippen molar-refractivity contribution in [2.24, 2.45) is 0 Å². The largest absolute Gasteiger partial charge is 0.479 e. The second-order valence-electron chi connectivity index (χ2n) is 4.09. The number of aromatic nitrogens is 1. The van der Waals surface area contributed by atoms with Crippen LogP contribution in [-0.4, -0.2) is 38.8 Å². The predicted molar refractivity (Wildman–Crippen MR) is 68.4 cm³/mol. The number of hydrogen-bond acceptors (Lipinski definition) is 3. The molecule has 6 nitrogen and oxygen atoms in total. The number of carbonyl (C=O) groups excluding carboxylic acids is 1. The van der Waals surface area contributed by atoms with Gasteiger partial charge in [0.25, 0.3) is 5.91 Å². The van der Waals surface area contributed by atoms with Crippen LogP contribution in [0.5, 0.6) is 0 Å². The van der Waals surface area contributed by atoms with Crippen molar-refractivity contribution in [2.45, 2.75) is 26.0 Å². The lowest BCUT2D eigenvalue weighted by Gasteiger charge is -2.18. The highest BCUT2D eigenvalue weighted by Gasteiger charge is 2.30. The molecule has 0 fully saturated rings. The number of nitrogens with one attached hydrogen (secondary N) is 1. The third-order valence-corrected chi connectivity index (χ3v) is 2.92. The quantitative estimate of drug-likeness (QED) is 0.750. The maximum absolute atomic E-state index is 11.9. The first kappa shape index (κ1) is 14.7. The first-order valence-electron chi connectivity index (χ1n) is 5.37. The molecule has 0 aliphatic rings. The van der Waals surface area contributed by atoms with Gasteiger partial charge in [0.15, 0.2) is 5.60 Å². The van der Waals surface area contributed by atoms with Gasteiger partial charge < -0.3 is 20.1 Å². The summed E-state index contributed by atoms with van der Waals surface area (Å²) in [7, 11) is 0. The molecule has 1 aromatic rings. The number of aliphatic hydroxyl groups is 1. The maximum Gasteiger partial charge on any atom is 0.337 e. The average Bonchev–Trinajstić information content (AvgIpc) is 2.67. The van der Waals surface area contributed by atoms with Gasteiger partial charge in [0, 0.05) is 17.2 Å². The summed E-state index contributed by atoms with van der Waals surface area (Å²) in [5.74, 6) is -1.81. The minimum absolute atomic E-state index is 0.353. The molecular formula is C11H15BrN2O4. The molecular weight excluding hydrogens is 304 g/mol.